The van der Waals surface area contributed by atoms with Crippen LogP contribution in [0.3, 0.4) is 0 Å². The van der Waals surface area contributed by atoms with Gasteiger partial charge in [-0.15, -0.1) is 0 Å². The molecule has 5 aromatic rings. The molecule has 0 radical (unpaired) electrons. The van der Waals surface area contributed by atoms with Gasteiger partial charge in [0.1, 0.15) is 23.9 Å². The first-order chi connectivity index (χ1) is 28.6. The van der Waals surface area contributed by atoms with Gasteiger partial charge in [0.15, 0.2) is 11.5 Å². The van der Waals surface area contributed by atoms with E-state index < -0.39 is 81.0 Å². The number of benzene rings is 2. The van der Waals surface area contributed by atoms with Crippen molar-refractivity contribution in [2.24, 2.45) is 18.8 Å². The van der Waals surface area contributed by atoms with Gasteiger partial charge in [-0.1, -0.05) is 30.7 Å². The summed E-state index contributed by atoms with van der Waals surface area (Å²) in [6, 6.07) is 7.56. The topological polar surface area (TPSA) is 162 Å². The van der Waals surface area contributed by atoms with Crippen LogP contribution in [-0.2, 0) is 51.7 Å². The van der Waals surface area contributed by atoms with Crippen LogP contribution in [0.1, 0.15) is 65.6 Å². The number of nitrogens with one attached hydrogen (secondary N) is 2. The largest absolute Gasteiger partial charge is 0.435 e. The molecule has 4 heterocycles. The number of carbonyl (C=O) groups is 1. The first-order valence-electron chi connectivity index (χ1n) is 18.9. The maximum absolute atomic E-state index is 15.5. The number of nitrogens with two attached hydrogens (primary N) is 1. The Morgan fingerprint density at radius 1 is 1.11 bits per heavy atom. The lowest BCUT2D eigenvalue weighted by atomic mass is 9.93. The van der Waals surface area contributed by atoms with Crippen molar-refractivity contribution in [2.75, 3.05) is 24.2 Å². The van der Waals surface area contributed by atoms with E-state index in [1.165, 1.54) is 22.8 Å². The molecule has 1 amide bonds. The molecule has 0 spiro atoms. The van der Waals surface area contributed by atoms with Crippen LogP contribution in [0.25, 0.3) is 27.6 Å². The first-order valence-corrected chi connectivity index (χ1v) is 21.2. The molecule has 2 aromatic carbocycles. The molecule has 8 rings (SSSR count). The van der Waals surface area contributed by atoms with Crippen LogP contribution in [-0.4, -0.2) is 69.4 Å². The van der Waals surface area contributed by atoms with Crippen molar-refractivity contribution in [1.29, 1.82) is 0 Å². The van der Waals surface area contributed by atoms with Crippen LogP contribution < -0.4 is 15.9 Å². The van der Waals surface area contributed by atoms with Gasteiger partial charge in [0.2, 0.25) is 15.9 Å². The number of hydrazine groups is 1. The van der Waals surface area contributed by atoms with E-state index in [0.717, 1.165) is 18.4 Å². The third-order valence-corrected chi connectivity index (χ3v) is 11.9. The smallest absolute Gasteiger partial charge is 0.377 e. The summed E-state index contributed by atoms with van der Waals surface area (Å²) in [6.07, 6.45) is -2.62. The van der Waals surface area contributed by atoms with E-state index in [1.807, 2.05) is 6.92 Å². The number of aromatic nitrogens is 5. The number of rotatable bonds is 13. The zero-order chi connectivity index (χ0) is 43.9. The first kappa shape index (κ1) is 42.4. The summed E-state index contributed by atoms with van der Waals surface area (Å²) >= 11 is 6.63. The molecular formula is C39H37ClF7N9O4S. The second-order valence-electron chi connectivity index (χ2n) is 15.4. The molecule has 4 N–H and O–H groups in total. The number of hydrogen-bond donors (Lipinski definition) is 3. The van der Waals surface area contributed by atoms with E-state index in [-0.39, 0.29) is 51.9 Å². The molecule has 2 aliphatic carbocycles. The van der Waals surface area contributed by atoms with E-state index in [0.29, 0.717) is 52.7 Å². The molecule has 324 valence electrons. The van der Waals surface area contributed by atoms with Gasteiger partial charge >= 0.3 is 6.18 Å². The predicted octanol–water partition coefficient (Wildman–Crippen LogP) is 6.79. The fourth-order valence-electron chi connectivity index (χ4n) is 8.16. The summed E-state index contributed by atoms with van der Waals surface area (Å²) < 4.78 is 137. The highest BCUT2D eigenvalue weighted by Crippen LogP contribution is 2.68. The highest BCUT2D eigenvalue weighted by atomic mass is 35.5. The quantitative estimate of drug-likeness (QED) is 0.0657. The minimum absolute atomic E-state index is 0.0257. The molecule has 22 heteroatoms. The second kappa shape index (κ2) is 15.3. The molecule has 61 heavy (non-hydrogen) atoms. The number of halogens is 8. The molecular weight excluding hydrogens is 859 g/mol. The molecule has 13 nitrogen and oxygen atoms in total. The maximum Gasteiger partial charge on any atom is 0.435 e. The van der Waals surface area contributed by atoms with Gasteiger partial charge in [-0.2, -0.15) is 32.1 Å². The van der Waals surface area contributed by atoms with Crippen molar-refractivity contribution < 1.29 is 48.7 Å². The summed E-state index contributed by atoms with van der Waals surface area (Å²) in [5.41, 5.74) is -1.15. The number of fused-ring (bicyclic) bond motifs is 4. The van der Waals surface area contributed by atoms with Crippen LogP contribution in [0.2, 0.25) is 5.02 Å². The molecule has 3 aliphatic rings. The Morgan fingerprint density at radius 3 is 2.43 bits per heavy atom. The van der Waals surface area contributed by atoms with Crippen molar-refractivity contribution in [3.63, 3.8) is 0 Å². The summed E-state index contributed by atoms with van der Waals surface area (Å²) in [4.78, 5) is 19.1. The number of ether oxygens (including phenoxy) is 1. The highest BCUT2D eigenvalue weighted by molar-refractivity contribution is 7.92. The monoisotopic (exact) mass is 895 g/mol. The molecule has 1 aliphatic heterocycles. The van der Waals surface area contributed by atoms with Crippen LogP contribution in [0.5, 0.6) is 0 Å². The number of alkyl halides is 5. The molecule has 1 saturated carbocycles. The van der Waals surface area contributed by atoms with Crippen molar-refractivity contribution in [3.8, 4) is 11.1 Å². The Bertz CT molecular complexity index is 2720. The summed E-state index contributed by atoms with van der Waals surface area (Å²) in [7, 11) is -2.32. The van der Waals surface area contributed by atoms with Crippen LogP contribution in [0.15, 0.2) is 48.7 Å². The lowest BCUT2D eigenvalue weighted by Crippen LogP contribution is -2.49. The number of hydrogen-bond acceptors (Lipinski definition) is 9. The van der Waals surface area contributed by atoms with Gasteiger partial charge in [-0.25, -0.2) is 23.0 Å². The van der Waals surface area contributed by atoms with E-state index in [9.17, 15) is 35.2 Å². The second-order valence-corrected chi connectivity index (χ2v) is 17.5. The van der Waals surface area contributed by atoms with Crippen molar-refractivity contribution >= 4 is 49.8 Å². The minimum Gasteiger partial charge on any atom is -0.377 e. The lowest BCUT2D eigenvalue weighted by Gasteiger charge is -2.33. The third kappa shape index (κ3) is 8.03. The van der Waals surface area contributed by atoms with Crippen molar-refractivity contribution in [1.82, 2.24) is 34.9 Å². The van der Waals surface area contributed by atoms with Crippen molar-refractivity contribution in [3.05, 3.63) is 99.2 Å². The van der Waals surface area contributed by atoms with Gasteiger partial charge in [0.25, 0.3) is 5.92 Å². The van der Waals surface area contributed by atoms with E-state index in [2.05, 4.69) is 20.2 Å². The SMILES string of the molecule is CC/C(=C\N(N)C1COC1)c1ccc(-c2ccc(Cl)c3c(NS(C)(=O)=O)nn(C)c23)c([C@H](Cc2cc(F)cc(F)c2)NC(=O)Cn2nc(C(F)(F)F)c3c2C(F)(F)[C@@H]2C[C@H]32)n1. The number of pyridine rings is 1. The predicted molar refractivity (Wildman–Crippen MR) is 209 cm³/mol. The Kier molecular flexibility index (Phi) is 10.6. The van der Waals surface area contributed by atoms with Gasteiger partial charge in [-0.3, -0.25) is 23.9 Å². The van der Waals surface area contributed by atoms with Gasteiger partial charge in [0.05, 0.1) is 58.9 Å². The average Bonchev–Trinajstić information content (AvgIpc) is 3.67. The highest BCUT2D eigenvalue weighted by Gasteiger charge is 2.68. The van der Waals surface area contributed by atoms with E-state index >= 15 is 8.78 Å². The summed E-state index contributed by atoms with van der Waals surface area (Å²) in [5, 5.41) is 12.3. The number of anilines is 1. The fraction of sp³-hybridized carbons (Fsp3) is 0.385. The van der Waals surface area contributed by atoms with Crippen LogP contribution in [0.4, 0.5) is 36.6 Å². The number of sulfonamides is 1. The Labute approximate surface area is 348 Å². The fourth-order valence-corrected chi connectivity index (χ4v) is 8.89. The molecule has 0 unspecified atom stereocenters. The normalized spacial score (nSPS) is 19.0. The molecule has 1 saturated heterocycles. The molecule has 3 atom stereocenters. The number of amides is 1. The minimum atomic E-state index is -5.08. The summed E-state index contributed by atoms with van der Waals surface area (Å²) in [6.45, 7) is 1.53. The Morgan fingerprint density at radius 2 is 1.80 bits per heavy atom. The number of nitrogens with zero attached hydrogens (tertiary/aromatic N) is 6. The molecule has 3 aromatic heterocycles. The van der Waals surface area contributed by atoms with E-state index in [1.54, 1.807) is 24.4 Å². The number of aryl methyl sites for hydroxylation is 1. The van der Waals surface area contributed by atoms with Gasteiger partial charge in [-0.05, 0) is 60.6 Å². The molecule has 0 bridgehead atoms. The maximum atomic E-state index is 15.5. The zero-order valence-electron chi connectivity index (χ0n) is 32.5. The zero-order valence-corrected chi connectivity index (χ0v) is 34.1. The van der Waals surface area contributed by atoms with Gasteiger partial charge < -0.3 is 15.1 Å². The average molecular weight is 896 g/mol. The molecule has 2 fully saturated rings. The van der Waals surface area contributed by atoms with Crippen LogP contribution in [0, 0.1) is 17.6 Å². The van der Waals surface area contributed by atoms with Gasteiger partial charge in [0, 0.05) is 41.9 Å². The standard InChI is InChI=1S/C39H37ClF7N9O4S/c1-4-19(14-55(48)22-16-60-17-22)28-8-6-23(24-5-7-27(40)32-34(24)54(2)52-37(32)53-61(3,58)59)33(50-28)29(11-18-9-20(41)12-21(42)10-18)49-30(57)15-56-36-31(35(51-56)39(45,46)47)25-13-26(25)38(36,43)44/h5-10,12,14,22,25-26,29H,4,11,13,15-17,48H2,1-3H3,(H,49,57)(H,52,53)/b19-14+/t25-,26+,29-/m0/s1. The van der Waals surface area contributed by atoms with Crippen LogP contribution >= 0.6 is 11.6 Å². The number of allylic oxidation sites excluding steroid dienone is 1. The summed E-state index contributed by atoms with van der Waals surface area (Å²) in [5.74, 6) is -2.82. The lowest BCUT2D eigenvalue weighted by molar-refractivity contribution is -0.142. The van der Waals surface area contributed by atoms with E-state index in [4.69, 9.17) is 27.2 Å². The van der Waals surface area contributed by atoms with Crippen molar-refractivity contribution in [2.45, 2.75) is 62.8 Å². The number of carbonyl (C=O) groups excluding carboxylic acids is 1. The Balaban J connectivity index is 1.29. The third-order valence-electron chi connectivity index (χ3n) is 11.0. The Hall–Kier alpha value is -5.25.